The Morgan fingerprint density at radius 1 is 1.15 bits per heavy atom. The molecule has 0 aliphatic heterocycles. The highest BCUT2D eigenvalue weighted by atomic mass is 79.9. The number of hydrogen-bond acceptors (Lipinski definition) is 2. The van der Waals surface area contributed by atoms with Crippen LogP contribution in [0, 0.1) is 0 Å². The average Bonchev–Trinajstić information content (AvgIpc) is 2.92. The van der Waals surface area contributed by atoms with E-state index in [1.807, 2.05) is 77.0 Å². The van der Waals surface area contributed by atoms with Gasteiger partial charge >= 0.3 is 0 Å². The van der Waals surface area contributed by atoms with E-state index in [0.717, 1.165) is 11.1 Å². The van der Waals surface area contributed by atoms with E-state index in [1.165, 1.54) is 0 Å². The predicted octanol–water partition coefficient (Wildman–Crippen LogP) is 1.06. The number of phenolic OH excluding ortho intramolecular Hbond substituents is 1. The zero-order chi connectivity index (χ0) is 19.0. The Labute approximate surface area is 166 Å². The van der Waals surface area contributed by atoms with E-state index in [-0.39, 0.29) is 40.1 Å². The Hall–Kier alpha value is -1.88. The monoisotopic (exact) mass is 420 g/mol. The molecule has 5 heteroatoms. The summed E-state index contributed by atoms with van der Waals surface area (Å²) in [5.41, 5.74) is 1.74. The minimum atomic E-state index is -0.250. The third-order valence-corrected chi connectivity index (χ3v) is 4.30. The minimum Gasteiger partial charge on any atom is -1.00 e. The van der Waals surface area contributed by atoms with Gasteiger partial charge in [-0.15, -0.1) is 0 Å². The molecule has 0 spiro atoms. The summed E-state index contributed by atoms with van der Waals surface area (Å²) in [6, 6.07) is 3.66. The van der Waals surface area contributed by atoms with E-state index in [1.54, 1.807) is 10.8 Å². The number of aromatic hydroxyl groups is 1. The van der Waals surface area contributed by atoms with Gasteiger partial charge in [0.05, 0.1) is 6.20 Å². The van der Waals surface area contributed by atoms with E-state index in [4.69, 9.17) is 0 Å². The number of carbonyl (C=O) groups is 1. The van der Waals surface area contributed by atoms with Gasteiger partial charge in [0.1, 0.15) is 18.1 Å². The first-order valence-electron chi connectivity index (χ1n) is 8.53. The van der Waals surface area contributed by atoms with Crippen LogP contribution in [0.5, 0.6) is 5.75 Å². The van der Waals surface area contributed by atoms with Crippen LogP contribution in [0.3, 0.4) is 0 Å². The van der Waals surface area contributed by atoms with Gasteiger partial charge in [-0.25, -0.2) is 9.13 Å². The van der Waals surface area contributed by atoms with E-state index in [0.29, 0.717) is 11.3 Å². The summed E-state index contributed by atoms with van der Waals surface area (Å²) in [5, 5.41) is 10.8. The van der Waals surface area contributed by atoms with E-state index in [2.05, 4.69) is 6.58 Å². The smallest absolute Gasteiger partial charge is 0.248 e. The van der Waals surface area contributed by atoms with Gasteiger partial charge in [0.15, 0.2) is 6.54 Å². The Morgan fingerprint density at radius 2 is 1.65 bits per heavy atom. The first kappa shape index (κ1) is 22.2. The summed E-state index contributed by atoms with van der Waals surface area (Å²) in [6.45, 7) is 16.2. The van der Waals surface area contributed by atoms with Gasteiger partial charge in [-0.3, -0.25) is 4.79 Å². The lowest BCUT2D eigenvalue weighted by atomic mass is 9.78. The number of nitrogens with zero attached hydrogens (tertiary/aromatic N) is 2. The Kier molecular flexibility index (Phi) is 6.64. The van der Waals surface area contributed by atoms with Gasteiger partial charge in [-0.1, -0.05) is 48.1 Å². The second kappa shape index (κ2) is 7.78. The zero-order valence-electron chi connectivity index (χ0n) is 16.5. The van der Waals surface area contributed by atoms with Crippen molar-refractivity contribution in [1.29, 1.82) is 0 Å². The molecule has 1 N–H and O–H groups in total. The molecule has 0 bridgehead atoms. The molecular weight excluding hydrogens is 392 g/mol. The zero-order valence-corrected chi connectivity index (χ0v) is 18.1. The third-order valence-electron chi connectivity index (χ3n) is 4.30. The first-order chi connectivity index (χ1) is 11.4. The number of benzene rings is 1. The Bertz CT molecular complexity index is 773. The fraction of sp³-hybridized carbons (Fsp3) is 0.429. The maximum Gasteiger partial charge on any atom is 0.248 e. The van der Waals surface area contributed by atoms with Crippen LogP contribution in [0.15, 0.2) is 37.4 Å². The van der Waals surface area contributed by atoms with Crippen LogP contribution in [0.25, 0.3) is 6.20 Å². The van der Waals surface area contributed by atoms with Crippen molar-refractivity contribution in [3.8, 4) is 5.75 Å². The SMILES string of the molecule is C=Cn1cc[n+](CC(=O)c2cc(C(C)(C)C)c(O)c(C(C)(C)C)c2)c1.[Br-]. The average molecular weight is 421 g/mol. The summed E-state index contributed by atoms with van der Waals surface area (Å²) >= 11 is 0. The van der Waals surface area contributed by atoms with Crippen molar-refractivity contribution in [3.05, 3.63) is 54.1 Å². The quantitative estimate of drug-likeness (QED) is 0.593. The largest absolute Gasteiger partial charge is 1.00 e. The van der Waals surface area contributed by atoms with Gasteiger partial charge in [0.25, 0.3) is 0 Å². The molecule has 2 aromatic rings. The number of hydrogen-bond donors (Lipinski definition) is 1. The van der Waals surface area contributed by atoms with Crippen molar-refractivity contribution in [2.24, 2.45) is 0 Å². The van der Waals surface area contributed by atoms with Crippen molar-refractivity contribution >= 4 is 12.0 Å². The van der Waals surface area contributed by atoms with E-state index < -0.39 is 0 Å². The highest BCUT2D eigenvalue weighted by Crippen LogP contribution is 2.39. The molecule has 0 aliphatic rings. The third kappa shape index (κ3) is 4.85. The second-order valence-electron chi connectivity index (χ2n) is 8.56. The lowest BCUT2D eigenvalue weighted by molar-refractivity contribution is -0.682. The van der Waals surface area contributed by atoms with Gasteiger partial charge in [0.2, 0.25) is 12.1 Å². The van der Waals surface area contributed by atoms with E-state index in [9.17, 15) is 9.90 Å². The Balaban J connectivity index is 0.00000338. The molecule has 0 amide bonds. The normalized spacial score (nSPS) is 11.8. The van der Waals surface area contributed by atoms with Gasteiger partial charge in [-0.2, -0.15) is 0 Å². The van der Waals surface area contributed by atoms with Crippen LogP contribution in [0.2, 0.25) is 0 Å². The van der Waals surface area contributed by atoms with Crippen LogP contribution in [0.4, 0.5) is 0 Å². The highest BCUT2D eigenvalue weighted by Gasteiger charge is 2.28. The number of phenols is 1. The molecule has 0 saturated heterocycles. The molecule has 142 valence electrons. The number of rotatable bonds is 4. The molecule has 0 atom stereocenters. The first-order valence-corrected chi connectivity index (χ1v) is 8.53. The molecule has 0 saturated carbocycles. The summed E-state index contributed by atoms with van der Waals surface area (Å²) in [7, 11) is 0. The van der Waals surface area contributed by atoms with Crippen molar-refractivity contribution in [2.75, 3.05) is 0 Å². The van der Waals surface area contributed by atoms with Crippen LogP contribution >= 0.6 is 0 Å². The van der Waals surface area contributed by atoms with Gasteiger partial charge in [0, 0.05) is 16.7 Å². The summed E-state index contributed by atoms with van der Waals surface area (Å²) in [4.78, 5) is 12.8. The summed E-state index contributed by atoms with van der Waals surface area (Å²) in [6.07, 6.45) is 7.19. The van der Waals surface area contributed by atoms with Gasteiger partial charge < -0.3 is 22.1 Å². The molecule has 1 aromatic heterocycles. The standard InChI is InChI=1S/C21H28N2O2.BrH/c1-8-22-9-10-23(14-22)13-18(24)15-11-16(20(2,3)4)19(25)17(12-15)21(5,6)7;/h8-12,14H,1,13H2,2-7H3;1H. The lowest BCUT2D eigenvalue weighted by Gasteiger charge is -2.28. The molecule has 4 nitrogen and oxygen atoms in total. The molecular formula is C21H29BrN2O2. The Morgan fingerprint density at radius 3 is 2.04 bits per heavy atom. The fourth-order valence-corrected chi connectivity index (χ4v) is 2.81. The number of imidazole rings is 1. The molecule has 0 aliphatic carbocycles. The van der Waals surface area contributed by atoms with Crippen LogP contribution < -0.4 is 21.5 Å². The number of aromatic nitrogens is 2. The molecule has 0 unspecified atom stereocenters. The minimum absolute atomic E-state index is 0. The molecule has 26 heavy (non-hydrogen) atoms. The van der Waals surface area contributed by atoms with Crippen molar-refractivity contribution in [2.45, 2.75) is 58.9 Å². The maximum atomic E-state index is 12.8. The molecule has 1 aromatic carbocycles. The lowest BCUT2D eigenvalue weighted by Crippen LogP contribution is -3.00. The molecule has 0 fully saturated rings. The highest BCUT2D eigenvalue weighted by molar-refractivity contribution is 5.96. The van der Waals surface area contributed by atoms with Crippen LogP contribution in [-0.4, -0.2) is 15.5 Å². The second-order valence-corrected chi connectivity index (χ2v) is 8.56. The van der Waals surface area contributed by atoms with Crippen LogP contribution in [0.1, 0.15) is 63.0 Å². The summed E-state index contributed by atoms with van der Waals surface area (Å²) in [5.74, 6) is 0.310. The maximum absolute atomic E-state index is 12.8. The molecule has 0 radical (unpaired) electrons. The van der Waals surface area contributed by atoms with Crippen LogP contribution in [-0.2, 0) is 17.4 Å². The van der Waals surface area contributed by atoms with Crippen molar-refractivity contribution < 1.29 is 31.4 Å². The number of Topliss-reactive ketones (excluding diaryl/α,β-unsaturated/α-hetero) is 1. The van der Waals surface area contributed by atoms with Gasteiger partial charge in [-0.05, 0) is 23.0 Å². The van der Waals surface area contributed by atoms with Crippen molar-refractivity contribution in [3.63, 3.8) is 0 Å². The van der Waals surface area contributed by atoms with E-state index >= 15 is 0 Å². The topological polar surface area (TPSA) is 46.1 Å². The molecule has 2 rings (SSSR count). The molecule has 1 heterocycles. The number of halogens is 1. The summed E-state index contributed by atoms with van der Waals surface area (Å²) < 4.78 is 3.62. The fourth-order valence-electron chi connectivity index (χ4n) is 2.81. The predicted molar refractivity (Wildman–Crippen MR) is 101 cm³/mol. The number of ketones is 1. The number of carbonyl (C=O) groups excluding carboxylic acids is 1. The van der Waals surface area contributed by atoms with Crippen molar-refractivity contribution in [1.82, 2.24) is 4.57 Å².